The van der Waals surface area contributed by atoms with Gasteiger partial charge < -0.3 is 4.52 Å². The maximum absolute atomic E-state index is 12.9. The van der Waals surface area contributed by atoms with Crippen LogP contribution >= 0.6 is 11.6 Å². The molecule has 1 fully saturated rings. The lowest BCUT2D eigenvalue weighted by Gasteiger charge is -2.29. The average Bonchev–Trinajstić information content (AvgIpc) is 3.49. The molecule has 1 aliphatic heterocycles. The summed E-state index contributed by atoms with van der Waals surface area (Å²) in [6.45, 7) is 0.784. The molecule has 3 heterocycles. The van der Waals surface area contributed by atoms with Crippen molar-refractivity contribution in [2.75, 3.05) is 13.1 Å². The Morgan fingerprint density at radius 2 is 1.76 bits per heavy atom. The molecule has 0 spiro atoms. The van der Waals surface area contributed by atoms with E-state index >= 15 is 0 Å². The summed E-state index contributed by atoms with van der Waals surface area (Å²) >= 11 is 5.89. The minimum absolute atomic E-state index is 0.0168. The van der Waals surface area contributed by atoms with Gasteiger partial charge >= 0.3 is 0 Å². The van der Waals surface area contributed by atoms with Crippen LogP contribution in [0.25, 0.3) is 22.6 Å². The number of nitrogens with zero attached hydrogens (tertiary/aromatic N) is 5. The Labute approximate surface area is 196 Å². The van der Waals surface area contributed by atoms with Crippen molar-refractivity contribution < 1.29 is 12.9 Å². The summed E-state index contributed by atoms with van der Waals surface area (Å²) in [6.07, 6.45) is 2.99. The highest BCUT2D eigenvalue weighted by Crippen LogP contribution is 2.32. The summed E-state index contributed by atoms with van der Waals surface area (Å²) in [7, 11) is -1.65. The number of aryl methyl sites for hydroxylation is 1. The number of rotatable bonds is 5. The topological polar surface area (TPSA) is 94.1 Å². The molecule has 2 aromatic heterocycles. The first-order chi connectivity index (χ1) is 15.9. The van der Waals surface area contributed by atoms with Gasteiger partial charge in [0.15, 0.2) is 0 Å². The predicted molar refractivity (Wildman–Crippen MR) is 124 cm³/mol. The molecule has 8 nitrogen and oxygen atoms in total. The van der Waals surface area contributed by atoms with Crippen LogP contribution in [0.4, 0.5) is 0 Å². The van der Waals surface area contributed by atoms with Crippen LogP contribution in [0.5, 0.6) is 0 Å². The first kappa shape index (κ1) is 21.8. The Morgan fingerprint density at radius 1 is 1.03 bits per heavy atom. The van der Waals surface area contributed by atoms with Crippen molar-refractivity contribution in [2.24, 2.45) is 7.05 Å². The molecule has 0 N–H and O–H groups in total. The van der Waals surface area contributed by atoms with E-state index in [4.69, 9.17) is 16.1 Å². The van der Waals surface area contributed by atoms with Crippen molar-refractivity contribution in [2.45, 2.75) is 23.7 Å². The molecule has 5 rings (SSSR count). The molecule has 2 aromatic carbocycles. The van der Waals surface area contributed by atoms with E-state index in [2.05, 4.69) is 15.2 Å². The monoisotopic (exact) mass is 483 g/mol. The maximum Gasteiger partial charge on any atom is 0.243 e. The predicted octanol–water partition coefficient (Wildman–Crippen LogP) is 4.36. The van der Waals surface area contributed by atoms with Gasteiger partial charge in [-0.15, -0.1) is 0 Å². The fourth-order valence-corrected chi connectivity index (χ4v) is 5.69. The van der Waals surface area contributed by atoms with Crippen molar-refractivity contribution >= 4 is 21.6 Å². The van der Waals surface area contributed by atoms with Gasteiger partial charge in [-0.2, -0.15) is 14.4 Å². The van der Waals surface area contributed by atoms with Crippen LogP contribution in [0.15, 0.2) is 70.2 Å². The van der Waals surface area contributed by atoms with Crippen molar-refractivity contribution in [1.82, 2.24) is 24.2 Å². The Morgan fingerprint density at radius 3 is 2.45 bits per heavy atom. The molecule has 33 heavy (non-hydrogen) atoms. The van der Waals surface area contributed by atoms with Crippen molar-refractivity contribution in [3.05, 3.63) is 71.7 Å². The quantitative estimate of drug-likeness (QED) is 0.418. The smallest absolute Gasteiger partial charge is 0.243 e. The second kappa shape index (κ2) is 8.74. The van der Waals surface area contributed by atoms with E-state index in [1.165, 1.54) is 16.4 Å². The van der Waals surface area contributed by atoms with Gasteiger partial charge in [-0.1, -0.05) is 35.0 Å². The minimum atomic E-state index is -3.55. The number of aromatic nitrogens is 4. The molecule has 0 saturated carbocycles. The normalized spacial score (nSPS) is 15.7. The van der Waals surface area contributed by atoms with E-state index in [0.29, 0.717) is 42.7 Å². The third kappa shape index (κ3) is 4.31. The standard InChI is InChI=1S/C23H22ClN5O3S/c1-28-21(9-12-25-28)17-3-2-4-18(15-17)22-26-23(32-27-22)16-10-13-29(14-11-16)33(30,31)20-7-5-19(24)6-8-20/h2-9,12,15-16H,10-11,13-14H2,1H3. The molecule has 0 aliphatic carbocycles. The maximum atomic E-state index is 12.9. The largest absolute Gasteiger partial charge is 0.339 e. The third-order valence-corrected chi connectivity index (χ3v) is 8.10. The summed E-state index contributed by atoms with van der Waals surface area (Å²) < 4.78 is 34.7. The van der Waals surface area contributed by atoms with Gasteiger partial charge in [0.05, 0.1) is 10.6 Å². The molecule has 170 valence electrons. The number of piperidine rings is 1. The van der Waals surface area contributed by atoms with Crippen molar-refractivity contribution in [1.29, 1.82) is 0 Å². The van der Waals surface area contributed by atoms with Crippen molar-refractivity contribution in [3.63, 3.8) is 0 Å². The number of halogens is 1. The molecular formula is C23H22ClN5O3S. The fourth-order valence-electron chi connectivity index (χ4n) is 4.09. The molecule has 0 amide bonds. The van der Waals surface area contributed by atoms with E-state index < -0.39 is 10.0 Å². The second-order valence-corrected chi connectivity index (χ2v) is 10.4. The molecule has 10 heteroatoms. The van der Waals surface area contributed by atoms with Gasteiger partial charge in [0.1, 0.15) is 0 Å². The van der Waals surface area contributed by atoms with Crippen LogP contribution in [0.3, 0.4) is 0 Å². The van der Waals surface area contributed by atoms with Crippen LogP contribution in [-0.4, -0.2) is 45.7 Å². The van der Waals surface area contributed by atoms with E-state index in [9.17, 15) is 8.42 Å². The summed E-state index contributed by atoms with van der Waals surface area (Å²) in [6, 6.07) is 16.1. The Balaban J connectivity index is 1.29. The first-order valence-corrected chi connectivity index (χ1v) is 12.4. The Bertz CT molecular complexity index is 1370. The molecule has 0 radical (unpaired) electrons. The zero-order valence-electron chi connectivity index (χ0n) is 17.9. The zero-order valence-corrected chi connectivity index (χ0v) is 19.5. The fraction of sp³-hybridized carbons (Fsp3) is 0.261. The summed E-state index contributed by atoms with van der Waals surface area (Å²) in [5.41, 5.74) is 2.86. The molecular weight excluding hydrogens is 462 g/mol. The number of benzene rings is 2. The highest BCUT2D eigenvalue weighted by atomic mass is 35.5. The van der Waals surface area contributed by atoms with Gasteiger partial charge in [-0.3, -0.25) is 4.68 Å². The molecule has 4 aromatic rings. The molecule has 1 aliphatic rings. The van der Waals surface area contributed by atoms with Crippen molar-refractivity contribution in [3.8, 4) is 22.6 Å². The third-order valence-electron chi connectivity index (χ3n) is 5.93. The minimum Gasteiger partial charge on any atom is -0.339 e. The van der Waals surface area contributed by atoms with Gasteiger partial charge in [-0.25, -0.2) is 8.42 Å². The van der Waals surface area contributed by atoms with E-state index in [0.717, 1.165) is 16.8 Å². The van der Waals surface area contributed by atoms with Gasteiger partial charge in [0.25, 0.3) is 0 Å². The van der Waals surface area contributed by atoms with E-state index in [-0.39, 0.29) is 10.8 Å². The summed E-state index contributed by atoms with van der Waals surface area (Å²) in [5.74, 6) is 1.08. The Hall–Kier alpha value is -3.01. The highest BCUT2D eigenvalue weighted by molar-refractivity contribution is 7.89. The summed E-state index contributed by atoms with van der Waals surface area (Å²) in [4.78, 5) is 4.87. The molecule has 0 bridgehead atoms. The lowest BCUT2D eigenvalue weighted by atomic mass is 9.98. The van der Waals surface area contributed by atoms with Crippen LogP contribution in [-0.2, 0) is 17.1 Å². The SMILES string of the molecule is Cn1nccc1-c1cccc(-c2noc(C3CCN(S(=O)(=O)c4ccc(Cl)cc4)CC3)n2)c1. The first-order valence-electron chi connectivity index (χ1n) is 10.6. The van der Waals surface area contributed by atoms with Gasteiger partial charge in [-0.05, 0) is 49.2 Å². The van der Waals surface area contributed by atoms with Gasteiger partial charge in [0.2, 0.25) is 21.7 Å². The molecule has 0 atom stereocenters. The number of hydrogen-bond donors (Lipinski definition) is 0. The highest BCUT2D eigenvalue weighted by Gasteiger charge is 2.32. The summed E-state index contributed by atoms with van der Waals surface area (Å²) in [5, 5.41) is 8.90. The van der Waals surface area contributed by atoms with Crippen LogP contribution < -0.4 is 0 Å². The molecule has 0 unspecified atom stereocenters. The van der Waals surface area contributed by atoms with E-state index in [1.807, 2.05) is 42.1 Å². The Kier molecular flexibility index (Phi) is 5.77. The number of sulfonamides is 1. The second-order valence-electron chi connectivity index (χ2n) is 8.01. The zero-order chi connectivity index (χ0) is 23.0. The van der Waals surface area contributed by atoms with E-state index in [1.54, 1.807) is 18.3 Å². The van der Waals surface area contributed by atoms with Crippen LogP contribution in [0, 0.1) is 0 Å². The lowest BCUT2D eigenvalue weighted by Crippen LogP contribution is -2.37. The number of hydrogen-bond acceptors (Lipinski definition) is 6. The van der Waals surface area contributed by atoms with Crippen LogP contribution in [0.2, 0.25) is 5.02 Å². The van der Waals surface area contributed by atoms with Crippen LogP contribution in [0.1, 0.15) is 24.7 Å². The average molecular weight is 484 g/mol. The lowest BCUT2D eigenvalue weighted by molar-refractivity contribution is 0.271. The van der Waals surface area contributed by atoms with Gasteiger partial charge in [0, 0.05) is 48.4 Å². The molecule has 1 saturated heterocycles.